The van der Waals surface area contributed by atoms with Crippen LogP contribution in [0.2, 0.25) is 0 Å². The molecule has 1 N–H and O–H groups in total. The zero-order valence-electron chi connectivity index (χ0n) is 11.0. The van der Waals surface area contributed by atoms with Gasteiger partial charge in [-0.25, -0.2) is 9.18 Å². The maximum atomic E-state index is 14.1. The molecule has 0 bridgehead atoms. The minimum absolute atomic E-state index is 0.127. The van der Waals surface area contributed by atoms with E-state index in [1.807, 2.05) is 6.92 Å². The van der Waals surface area contributed by atoms with Gasteiger partial charge in [-0.05, 0) is 30.7 Å². The lowest BCUT2D eigenvalue weighted by Crippen LogP contribution is -2.24. The number of H-pyrrole nitrogens is 1. The van der Waals surface area contributed by atoms with E-state index in [-0.39, 0.29) is 6.10 Å². The molecule has 0 saturated carbocycles. The van der Waals surface area contributed by atoms with Gasteiger partial charge in [-0.15, -0.1) is 0 Å². The molecule has 5 nitrogen and oxygen atoms in total. The van der Waals surface area contributed by atoms with Crippen LogP contribution < -0.4 is 4.90 Å². The van der Waals surface area contributed by atoms with Crippen molar-refractivity contribution in [1.82, 2.24) is 10.2 Å². The Balaban J connectivity index is 1.89. The van der Waals surface area contributed by atoms with Crippen molar-refractivity contribution in [2.45, 2.75) is 19.4 Å². The molecule has 1 aromatic heterocycles. The Morgan fingerprint density at radius 2 is 2.35 bits per heavy atom. The minimum atomic E-state index is -0.425. The van der Waals surface area contributed by atoms with Gasteiger partial charge in [0.1, 0.15) is 11.9 Å². The molecule has 0 unspecified atom stereocenters. The van der Waals surface area contributed by atoms with Crippen LogP contribution in [0.4, 0.5) is 14.9 Å². The number of cyclic esters (lactones) is 1. The number of aromatic nitrogens is 2. The maximum Gasteiger partial charge on any atom is 0.414 e. The van der Waals surface area contributed by atoms with E-state index >= 15 is 0 Å². The fourth-order valence-electron chi connectivity index (χ4n) is 2.24. The zero-order valence-corrected chi connectivity index (χ0v) is 11.0. The van der Waals surface area contributed by atoms with Crippen molar-refractivity contribution < 1.29 is 13.9 Å². The number of ether oxygens (including phenoxy) is 1. The van der Waals surface area contributed by atoms with Gasteiger partial charge in [-0.1, -0.05) is 6.92 Å². The summed E-state index contributed by atoms with van der Waals surface area (Å²) >= 11 is 0. The van der Waals surface area contributed by atoms with Crippen LogP contribution in [0, 0.1) is 5.82 Å². The molecular weight excluding hydrogens is 261 g/mol. The summed E-state index contributed by atoms with van der Waals surface area (Å²) in [5.74, 6) is -0.403. The molecule has 1 aromatic carbocycles. The van der Waals surface area contributed by atoms with Gasteiger partial charge in [-0.3, -0.25) is 10.00 Å². The first-order chi connectivity index (χ1) is 9.69. The smallest absolute Gasteiger partial charge is 0.414 e. The molecule has 2 aromatic rings. The van der Waals surface area contributed by atoms with E-state index in [0.717, 1.165) is 6.42 Å². The zero-order chi connectivity index (χ0) is 14.1. The normalized spacial score (nSPS) is 18.4. The molecule has 1 amide bonds. The number of benzene rings is 1. The predicted molar refractivity (Wildman–Crippen MR) is 71.9 cm³/mol. The highest BCUT2D eigenvalue weighted by molar-refractivity contribution is 5.90. The summed E-state index contributed by atoms with van der Waals surface area (Å²) in [4.78, 5) is 13.2. The van der Waals surface area contributed by atoms with Crippen molar-refractivity contribution in [2.75, 3.05) is 11.4 Å². The molecule has 3 rings (SSSR count). The number of halogens is 1. The number of carbonyl (C=O) groups excluding carboxylic acids is 1. The number of aromatic amines is 1. The van der Waals surface area contributed by atoms with Crippen LogP contribution in [-0.4, -0.2) is 28.9 Å². The third-order valence-electron chi connectivity index (χ3n) is 3.38. The topological polar surface area (TPSA) is 58.2 Å². The minimum Gasteiger partial charge on any atom is -0.444 e. The van der Waals surface area contributed by atoms with Crippen LogP contribution in [0.15, 0.2) is 30.5 Å². The second kappa shape index (κ2) is 4.96. The van der Waals surface area contributed by atoms with Crippen molar-refractivity contribution in [3.8, 4) is 11.3 Å². The van der Waals surface area contributed by atoms with Crippen LogP contribution >= 0.6 is 0 Å². The Labute approximate surface area is 115 Å². The molecule has 1 saturated heterocycles. The largest absolute Gasteiger partial charge is 0.444 e. The molecule has 1 aliphatic heterocycles. The Kier molecular flexibility index (Phi) is 3.14. The number of hydrogen-bond donors (Lipinski definition) is 1. The van der Waals surface area contributed by atoms with Gasteiger partial charge in [0.15, 0.2) is 0 Å². The quantitative estimate of drug-likeness (QED) is 0.936. The van der Waals surface area contributed by atoms with Crippen LogP contribution in [-0.2, 0) is 4.74 Å². The highest BCUT2D eigenvalue weighted by Crippen LogP contribution is 2.28. The number of nitrogens with one attached hydrogen (secondary N) is 1. The van der Waals surface area contributed by atoms with Crippen molar-refractivity contribution >= 4 is 11.8 Å². The SMILES string of the molecule is CC[C@H]1CN(c2ccc(-c3ccn[nH]3)c(F)c2)C(=O)O1. The molecule has 2 heterocycles. The van der Waals surface area contributed by atoms with E-state index in [1.54, 1.807) is 24.4 Å². The van der Waals surface area contributed by atoms with Gasteiger partial charge in [0, 0.05) is 11.8 Å². The Morgan fingerprint density at radius 3 is 2.95 bits per heavy atom. The molecule has 0 spiro atoms. The summed E-state index contributed by atoms with van der Waals surface area (Å²) in [6.45, 7) is 2.40. The summed E-state index contributed by atoms with van der Waals surface area (Å²) in [7, 11) is 0. The standard InChI is InChI=1S/C14H14FN3O2/c1-2-10-8-18(14(19)20-10)9-3-4-11(12(15)7-9)13-5-6-16-17-13/h3-7,10H,2,8H2,1H3,(H,16,17)/t10-/m0/s1. The summed E-state index contributed by atoms with van der Waals surface area (Å²) in [6, 6.07) is 6.37. The first kappa shape index (κ1) is 12.7. The van der Waals surface area contributed by atoms with Crippen molar-refractivity contribution in [3.63, 3.8) is 0 Å². The average molecular weight is 275 g/mol. The van der Waals surface area contributed by atoms with Gasteiger partial charge in [0.25, 0.3) is 0 Å². The Bertz CT molecular complexity index is 627. The molecule has 20 heavy (non-hydrogen) atoms. The highest BCUT2D eigenvalue weighted by atomic mass is 19.1. The van der Waals surface area contributed by atoms with Crippen molar-refractivity contribution in [3.05, 3.63) is 36.3 Å². The summed E-state index contributed by atoms with van der Waals surface area (Å²) in [5, 5.41) is 6.51. The molecule has 1 fully saturated rings. The van der Waals surface area contributed by atoms with E-state index in [0.29, 0.717) is 23.5 Å². The Morgan fingerprint density at radius 1 is 1.50 bits per heavy atom. The van der Waals surface area contributed by atoms with Crippen LogP contribution in [0.1, 0.15) is 13.3 Å². The molecule has 0 aliphatic carbocycles. The Hall–Kier alpha value is -2.37. The van der Waals surface area contributed by atoms with E-state index < -0.39 is 11.9 Å². The van der Waals surface area contributed by atoms with Gasteiger partial charge in [0.05, 0.1) is 17.9 Å². The number of amides is 1. The van der Waals surface area contributed by atoms with Gasteiger partial charge in [-0.2, -0.15) is 5.10 Å². The molecule has 1 aliphatic rings. The average Bonchev–Trinajstić information content (AvgIpc) is 3.07. The third-order valence-corrected chi connectivity index (χ3v) is 3.38. The first-order valence-electron chi connectivity index (χ1n) is 6.46. The first-order valence-corrected chi connectivity index (χ1v) is 6.46. The summed E-state index contributed by atoms with van der Waals surface area (Å²) in [5.41, 5.74) is 1.53. The van der Waals surface area contributed by atoms with Crippen LogP contribution in [0.3, 0.4) is 0 Å². The third kappa shape index (κ3) is 2.13. The molecule has 6 heteroatoms. The van der Waals surface area contributed by atoms with Gasteiger partial charge >= 0.3 is 6.09 Å². The lowest BCUT2D eigenvalue weighted by molar-refractivity contribution is 0.139. The van der Waals surface area contributed by atoms with Gasteiger partial charge in [0.2, 0.25) is 0 Å². The monoisotopic (exact) mass is 275 g/mol. The van der Waals surface area contributed by atoms with E-state index in [4.69, 9.17) is 4.74 Å². The maximum absolute atomic E-state index is 14.1. The molecular formula is C14H14FN3O2. The summed E-state index contributed by atoms with van der Waals surface area (Å²) in [6.07, 6.45) is 1.76. The predicted octanol–water partition coefficient (Wildman–Crippen LogP) is 2.95. The summed E-state index contributed by atoms with van der Waals surface area (Å²) < 4.78 is 19.3. The highest BCUT2D eigenvalue weighted by Gasteiger charge is 2.31. The number of nitrogens with zero attached hydrogens (tertiary/aromatic N) is 2. The van der Waals surface area contributed by atoms with E-state index in [2.05, 4.69) is 10.2 Å². The van der Waals surface area contributed by atoms with Crippen LogP contribution in [0.5, 0.6) is 0 Å². The molecule has 0 radical (unpaired) electrons. The number of carbonyl (C=O) groups is 1. The molecule has 104 valence electrons. The van der Waals surface area contributed by atoms with E-state index in [1.165, 1.54) is 11.0 Å². The van der Waals surface area contributed by atoms with Crippen molar-refractivity contribution in [2.24, 2.45) is 0 Å². The number of rotatable bonds is 3. The lowest BCUT2D eigenvalue weighted by atomic mass is 10.1. The van der Waals surface area contributed by atoms with E-state index in [9.17, 15) is 9.18 Å². The second-order valence-corrected chi connectivity index (χ2v) is 4.66. The van der Waals surface area contributed by atoms with Crippen molar-refractivity contribution in [1.29, 1.82) is 0 Å². The fourth-order valence-corrected chi connectivity index (χ4v) is 2.24. The van der Waals surface area contributed by atoms with Gasteiger partial charge < -0.3 is 4.74 Å². The fraction of sp³-hybridized carbons (Fsp3) is 0.286. The lowest BCUT2D eigenvalue weighted by Gasteiger charge is -2.13. The second-order valence-electron chi connectivity index (χ2n) is 4.66. The molecule has 1 atom stereocenters. The number of anilines is 1. The number of hydrogen-bond acceptors (Lipinski definition) is 3. The van der Waals surface area contributed by atoms with Crippen LogP contribution in [0.25, 0.3) is 11.3 Å².